The van der Waals surface area contributed by atoms with Crippen molar-refractivity contribution in [2.75, 3.05) is 18.9 Å². The molecule has 0 saturated carbocycles. The average Bonchev–Trinajstić information content (AvgIpc) is 3.30. The molecule has 10 heteroatoms. The number of sulfonamides is 1. The molecule has 0 bridgehead atoms. The van der Waals surface area contributed by atoms with E-state index in [-0.39, 0.29) is 28.3 Å². The fourth-order valence-corrected chi connectivity index (χ4v) is 5.41. The lowest BCUT2D eigenvalue weighted by Gasteiger charge is -2.23. The highest BCUT2D eigenvalue weighted by molar-refractivity contribution is 7.89. The van der Waals surface area contributed by atoms with Crippen LogP contribution in [0.1, 0.15) is 33.6 Å². The lowest BCUT2D eigenvalue weighted by atomic mass is 10.1. The normalized spacial score (nSPS) is 19.3. The number of halogens is 1. The summed E-state index contributed by atoms with van der Waals surface area (Å²) in [4.78, 5) is 38.3. The maximum absolute atomic E-state index is 13.2. The van der Waals surface area contributed by atoms with E-state index in [1.807, 2.05) is 0 Å². The summed E-state index contributed by atoms with van der Waals surface area (Å²) < 4.78 is 40.2. The molecule has 0 radical (unpaired) electrons. The molecule has 4 rings (SSSR count). The van der Waals surface area contributed by atoms with E-state index < -0.39 is 39.6 Å². The monoisotopic (exact) mass is 431 g/mol. The van der Waals surface area contributed by atoms with Gasteiger partial charge in [0.05, 0.1) is 21.7 Å². The fourth-order valence-electron chi connectivity index (χ4n) is 3.75. The van der Waals surface area contributed by atoms with Gasteiger partial charge in [0.25, 0.3) is 11.8 Å². The van der Waals surface area contributed by atoms with E-state index in [9.17, 15) is 27.2 Å². The van der Waals surface area contributed by atoms with Crippen molar-refractivity contribution >= 4 is 33.4 Å². The second kappa shape index (κ2) is 7.29. The smallest absolute Gasteiger partial charge is 0.263 e. The maximum Gasteiger partial charge on any atom is 0.263 e. The molecule has 156 valence electrons. The second-order valence-corrected chi connectivity index (χ2v) is 9.00. The molecule has 8 nitrogen and oxygen atoms in total. The summed E-state index contributed by atoms with van der Waals surface area (Å²) in [5.41, 5.74) is 0.429. The first-order valence-corrected chi connectivity index (χ1v) is 10.7. The summed E-state index contributed by atoms with van der Waals surface area (Å²) in [6.07, 6.45) is 0.777. The van der Waals surface area contributed by atoms with Crippen molar-refractivity contribution in [1.82, 2.24) is 9.21 Å². The number of hydrogen-bond donors (Lipinski definition) is 1. The van der Waals surface area contributed by atoms with Crippen LogP contribution in [0.5, 0.6) is 0 Å². The Hall–Kier alpha value is -3.11. The molecule has 1 atom stereocenters. The van der Waals surface area contributed by atoms with Gasteiger partial charge in [-0.1, -0.05) is 6.07 Å². The van der Waals surface area contributed by atoms with E-state index in [0.29, 0.717) is 12.8 Å². The highest BCUT2D eigenvalue weighted by Gasteiger charge is 2.41. The number of rotatable bonds is 4. The largest absolute Gasteiger partial charge is 0.324 e. The van der Waals surface area contributed by atoms with Gasteiger partial charge in [0.2, 0.25) is 15.9 Å². The number of hydrogen-bond acceptors (Lipinski definition) is 5. The Balaban J connectivity index is 1.61. The van der Waals surface area contributed by atoms with Gasteiger partial charge in [-0.15, -0.1) is 0 Å². The van der Waals surface area contributed by atoms with Crippen LogP contribution in [0.4, 0.5) is 10.1 Å². The molecule has 0 aliphatic carbocycles. The molecule has 1 fully saturated rings. The molecule has 1 N–H and O–H groups in total. The van der Waals surface area contributed by atoms with Crippen molar-refractivity contribution in [3.8, 4) is 0 Å². The lowest BCUT2D eigenvalue weighted by molar-refractivity contribution is -0.119. The molecule has 2 aliphatic rings. The number of imide groups is 1. The van der Waals surface area contributed by atoms with Gasteiger partial charge in [-0.25, -0.2) is 12.8 Å². The van der Waals surface area contributed by atoms with Crippen LogP contribution in [-0.4, -0.2) is 55.0 Å². The Kier molecular flexibility index (Phi) is 4.91. The van der Waals surface area contributed by atoms with Crippen LogP contribution in [0.2, 0.25) is 0 Å². The van der Waals surface area contributed by atoms with E-state index in [1.165, 1.54) is 19.2 Å². The van der Waals surface area contributed by atoms with Crippen molar-refractivity contribution in [3.63, 3.8) is 0 Å². The predicted molar refractivity (Wildman–Crippen MR) is 105 cm³/mol. The average molecular weight is 431 g/mol. The van der Waals surface area contributed by atoms with Gasteiger partial charge in [-0.3, -0.25) is 19.3 Å². The van der Waals surface area contributed by atoms with Gasteiger partial charge >= 0.3 is 0 Å². The standard InChI is InChI=1S/C20H18FN3O5S/c1-23-19(26)14-4-2-5-15(17(14)20(23)27)22-18(25)16-6-3-11-24(16)30(28,29)13-9-7-12(21)8-10-13/h2,4-5,7-10,16H,3,6,11H2,1H3,(H,22,25). The number of amides is 3. The Morgan fingerprint density at radius 3 is 2.50 bits per heavy atom. The summed E-state index contributed by atoms with van der Waals surface area (Å²) in [5.74, 6) is -2.16. The van der Waals surface area contributed by atoms with Crippen molar-refractivity contribution in [2.45, 2.75) is 23.8 Å². The number of anilines is 1. The molecule has 1 unspecified atom stereocenters. The van der Waals surface area contributed by atoms with Crippen LogP contribution >= 0.6 is 0 Å². The molecule has 1 saturated heterocycles. The van der Waals surface area contributed by atoms with Crippen molar-refractivity contribution in [3.05, 3.63) is 59.4 Å². The molecule has 2 heterocycles. The summed E-state index contributed by atoms with van der Waals surface area (Å²) in [5, 5.41) is 2.61. The number of carbonyl (C=O) groups excluding carboxylic acids is 3. The Bertz CT molecular complexity index is 1160. The Labute approximate surface area is 172 Å². The molecule has 0 spiro atoms. The Morgan fingerprint density at radius 2 is 1.80 bits per heavy atom. The molecule has 0 aromatic heterocycles. The third-order valence-corrected chi connectivity index (χ3v) is 7.22. The first kappa shape index (κ1) is 20.2. The molecular formula is C20H18FN3O5S. The van der Waals surface area contributed by atoms with Gasteiger partial charge in [0.1, 0.15) is 11.9 Å². The van der Waals surface area contributed by atoms with E-state index in [2.05, 4.69) is 5.32 Å². The summed E-state index contributed by atoms with van der Waals surface area (Å²) in [6.45, 7) is 0.144. The Morgan fingerprint density at radius 1 is 1.10 bits per heavy atom. The first-order valence-electron chi connectivity index (χ1n) is 9.25. The van der Waals surface area contributed by atoms with Crippen molar-refractivity contribution in [1.29, 1.82) is 0 Å². The lowest BCUT2D eigenvalue weighted by Crippen LogP contribution is -2.43. The minimum Gasteiger partial charge on any atom is -0.324 e. The van der Waals surface area contributed by atoms with E-state index >= 15 is 0 Å². The zero-order chi connectivity index (χ0) is 21.6. The SMILES string of the molecule is CN1C(=O)c2cccc(NC(=O)C3CCCN3S(=O)(=O)c3ccc(F)cc3)c2C1=O. The maximum atomic E-state index is 13.2. The van der Waals surface area contributed by atoms with Crippen LogP contribution in [0.3, 0.4) is 0 Å². The second-order valence-electron chi connectivity index (χ2n) is 7.11. The molecule has 2 aromatic carbocycles. The highest BCUT2D eigenvalue weighted by atomic mass is 32.2. The zero-order valence-corrected chi connectivity index (χ0v) is 16.8. The number of carbonyl (C=O) groups is 3. The fraction of sp³-hybridized carbons (Fsp3) is 0.250. The van der Waals surface area contributed by atoms with Crippen LogP contribution in [-0.2, 0) is 14.8 Å². The van der Waals surface area contributed by atoms with E-state index in [1.54, 1.807) is 6.07 Å². The molecule has 2 aliphatic heterocycles. The van der Waals surface area contributed by atoms with E-state index in [0.717, 1.165) is 33.5 Å². The minimum absolute atomic E-state index is 0.0873. The summed E-state index contributed by atoms with van der Waals surface area (Å²) in [6, 6.07) is 7.95. The number of nitrogens with one attached hydrogen (secondary N) is 1. The quantitative estimate of drug-likeness (QED) is 0.744. The van der Waals surface area contributed by atoms with Gasteiger partial charge in [0, 0.05) is 13.6 Å². The first-order chi connectivity index (χ1) is 14.2. The number of benzene rings is 2. The third kappa shape index (κ3) is 3.17. The van der Waals surface area contributed by atoms with Crippen LogP contribution in [0, 0.1) is 5.82 Å². The molecular weight excluding hydrogens is 413 g/mol. The number of nitrogens with zero attached hydrogens (tertiary/aromatic N) is 2. The van der Waals surface area contributed by atoms with Crippen LogP contribution in [0.15, 0.2) is 47.4 Å². The molecule has 3 amide bonds. The van der Waals surface area contributed by atoms with Gasteiger partial charge in [-0.05, 0) is 49.2 Å². The van der Waals surface area contributed by atoms with Gasteiger partial charge < -0.3 is 5.32 Å². The van der Waals surface area contributed by atoms with Crippen molar-refractivity contribution in [2.24, 2.45) is 0 Å². The van der Waals surface area contributed by atoms with Gasteiger partial charge in [-0.2, -0.15) is 4.31 Å². The minimum atomic E-state index is -4.01. The third-order valence-electron chi connectivity index (χ3n) is 5.30. The highest BCUT2D eigenvalue weighted by Crippen LogP contribution is 2.31. The number of fused-ring (bicyclic) bond motifs is 1. The van der Waals surface area contributed by atoms with Crippen LogP contribution in [0.25, 0.3) is 0 Å². The molecule has 30 heavy (non-hydrogen) atoms. The summed E-state index contributed by atoms with van der Waals surface area (Å²) in [7, 11) is -2.65. The predicted octanol–water partition coefficient (Wildman–Crippen LogP) is 1.84. The molecule has 2 aromatic rings. The van der Waals surface area contributed by atoms with Crippen LogP contribution < -0.4 is 5.32 Å². The van der Waals surface area contributed by atoms with Gasteiger partial charge in [0.15, 0.2) is 0 Å². The van der Waals surface area contributed by atoms with E-state index in [4.69, 9.17) is 0 Å². The topological polar surface area (TPSA) is 104 Å². The van der Waals surface area contributed by atoms with Crippen molar-refractivity contribution < 1.29 is 27.2 Å². The zero-order valence-electron chi connectivity index (χ0n) is 16.0. The summed E-state index contributed by atoms with van der Waals surface area (Å²) >= 11 is 0.